The van der Waals surface area contributed by atoms with Crippen molar-refractivity contribution >= 4 is 17.2 Å². The third-order valence-electron chi connectivity index (χ3n) is 6.80. The zero-order valence-electron chi connectivity index (χ0n) is 19.7. The Balaban J connectivity index is 1.20. The number of rotatable bonds is 6. The summed E-state index contributed by atoms with van der Waals surface area (Å²) in [7, 11) is 0. The van der Waals surface area contributed by atoms with Gasteiger partial charge in [0.15, 0.2) is 0 Å². The number of nitrogens with one attached hydrogen (secondary N) is 1. The number of fused-ring (bicyclic) bond motifs is 1. The molecule has 1 fully saturated rings. The lowest BCUT2D eigenvalue weighted by atomic mass is 9.89. The number of halogens is 2. The van der Waals surface area contributed by atoms with Gasteiger partial charge in [-0.3, -0.25) is 9.20 Å². The lowest BCUT2D eigenvalue weighted by Gasteiger charge is -2.34. The number of carbonyl (C=O) groups excluding carboxylic acids is 1. The van der Waals surface area contributed by atoms with E-state index in [1.54, 1.807) is 6.07 Å². The number of amides is 1. The van der Waals surface area contributed by atoms with Gasteiger partial charge in [-0.2, -0.15) is 0 Å². The molecule has 0 atom stereocenters. The Hall–Kier alpha value is -3.74. The zero-order chi connectivity index (χ0) is 24.4. The molecule has 5 nitrogen and oxygen atoms in total. The summed E-state index contributed by atoms with van der Waals surface area (Å²) < 4.78 is 28.5. The summed E-state index contributed by atoms with van der Waals surface area (Å²) in [5.41, 5.74) is 4.93. The van der Waals surface area contributed by atoms with E-state index in [0.717, 1.165) is 37.2 Å². The van der Waals surface area contributed by atoms with Crippen LogP contribution in [0.15, 0.2) is 66.9 Å². The SMILES string of the molecule is CCc1nc2ccc(F)cn2c1C(=O)NCc1ccc(N2CCC(c3ccc(F)cc3)CC2)cc1. The molecule has 0 unspecified atom stereocenters. The molecule has 0 bridgehead atoms. The highest BCUT2D eigenvalue weighted by Crippen LogP contribution is 2.30. The predicted molar refractivity (Wildman–Crippen MR) is 133 cm³/mol. The molecule has 4 aromatic rings. The fraction of sp³-hybridized carbons (Fsp3) is 0.286. The van der Waals surface area contributed by atoms with Gasteiger partial charge in [0.2, 0.25) is 0 Å². The largest absolute Gasteiger partial charge is 0.371 e. The Morgan fingerprint density at radius 3 is 2.34 bits per heavy atom. The standard InChI is InChI=1S/C28H28F2N4O/c1-2-25-27(34-18-23(30)9-12-26(34)32-25)28(35)31-17-19-3-10-24(11-4-19)33-15-13-21(14-16-33)20-5-7-22(29)8-6-20/h3-12,18,21H,2,13-17H2,1H3,(H,31,35). The van der Waals surface area contributed by atoms with Gasteiger partial charge >= 0.3 is 0 Å². The van der Waals surface area contributed by atoms with Crippen molar-refractivity contribution in [1.29, 1.82) is 0 Å². The minimum atomic E-state index is -0.413. The Morgan fingerprint density at radius 1 is 0.971 bits per heavy atom. The van der Waals surface area contributed by atoms with Crippen LogP contribution in [-0.4, -0.2) is 28.4 Å². The molecule has 0 aliphatic carbocycles. The average Bonchev–Trinajstić information content (AvgIpc) is 3.26. The first kappa shape index (κ1) is 23.0. The van der Waals surface area contributed by atoms with Crippen molar-refractivity contribution in [3.8, 4) is 0 Å². The molecule has 2 aromatic carbocycles. The Kier molecular flexibility index (Phi) is 6.49. The molecular formula is C28H28F2N4O. The number of benzene rings is 2. The number of hydrogen-bond donors (Lipinski definition) is 1. The van der Waals surface area contributed by atoms with Crippen LogP contribution >= 0.6 is 0 Å². The summed E-state index contributed by atoms with van der Waals surface area (Å²) in [6, 6.07) is 18.0. The summed E-state index contributed by atoms with van der Waals surface area (Å²) in [5, 5.41) is 2.95. The van der Waals surface area contributed by atoms with Crippen molar-refractivity contribution in [3.05, 3.63) is 101 Å². The van der Waals surface area contributed by atoms with Gasteiger partial charge in [0.05, 0.1) is 5.69 Å². The zero-order valence-corrected chi connectivity index (χ0v) is 19.7. The van der Waals surface area contributed by atoms with E-state index < -0.39 is 5.82 Å². The van der Waals surface area contributed by atoms with Crippen LogP contribution in [0.5, 0.6) is 0 Å². The smallest absolute Gasteiger partial charge is 0.270 e. The number of nitrogens with zero attached hydrogens (tertiary/aromatic N) is 3. The monoisotopic (exact) mass is 474 g/mol. The number of anilines is 1. The fourth-order valence-corrected chi connectivity index (χ4v) is 4.85. The van der Waals surface area contributed by atoms with E-state index in [0.29, 0.717) is 35.9 Å². The Morgan fingerprint density at radius 2 is 1.66 bits per heavy atom. The molecule has 35 heavy (non-hydrogen) atoms. The lowest BCUT2D eigenvalue weighted by molar-refractivity contribution is 0.0944. The molecule has 1 amide bonds. The molecule has 0 spiro atoms. The highest BCUT2D eigenvalue weighted by molar-refractivity contribution is 5.94. The van der Waals surface area contributed by atoms with E-state index in [1.165, 1.54) is 34.4 Å². The van der Waals surface area contributed by atoms with Crippen LogP contribution in [0.3, 0.4) is 0 Å². The Labute approximate surface area is 203 Å². The van der Waals surface area contributed by atoms with Crippen LogP contribution in [0.25, 0.3) is 5.65 Å². The average molecular weight is 475 g/mol. The van der Waals surface area contributed by atoms with Gasteiger partial charge in [0, 0.05) is 31.5 Å². The summed E-state index contributed by atoms with van der Waals surface area (Å²) in [5.74, 6) is -0.418. The number of aromatic nitrogens is 2. The predicted octanol–water partition coefficient (Wildman–Crippen LogP) is 5.49. The first-order valence-corrected chi connectivity index (χ1v) is 12.1. The molecule has 7 heteroatoms. The molecule has 1 aliphatic heterocycles. The maximum Gasteiger partial charge on any atom is 0.270 e. The van der Waals surface area contributed by atoms with Gasteiger partial charge in [0.1, 0.15) is 23.0 Å². The quantitative estimate of drug-likeness (QED) is 0.402. The topological polar surface area (TPSA) is 49.6 Å². The van der Waals surface area contributed by atoms with Crippen molar-refractivity contribution < 1.29 is 13.6 Å². The van der Waals surface area contributed by atoms with E-state index in [9.17, 15) is 13.6 Å². The molecule has 1 aliphatic rings. The minimum Gasteiger partial charge on any atom is -0.371 e. The lowest BCUT2D eigenvalue weighted by Crippen LogP contribution is -2.32. The van der Waals surface area contributed by atoms with Crippen molar-refractivity contribution in [2.24, 2.45) is 0 Å². The van der Waals surface area contributed by atoms with Gasteiger partial charge in [-0.25, -0.2) is 13.8 Å². The number of aryl methyl sites for hydroxylation is 1. The summed E-state index contributed by atoms with van der Waals surface area (Å²) >= 11 is 0. The molecule has 180 valence electrons. The maximum atomic E-state index is 13.8. The van der Waals surface area contributed by atoms with E-state index >= 15 is 0 Å². The fourth-order valence-electron chi connectivity index (χ4n) is 4.85. The van der Waals surface area contributed by atoms with Crippen LogP contribution in [0.4, 0.5) is 14.5 Å². The van der Waals surface area contributed by atoms with Crippen LogP contribution in [0.2, 0.25) is 0 Å². The van der Waals surface area contributed by atoms with Crippen LogP contribution in [0, 0.1) is 11.6 Å². The highest BCUT2D eigenvalue weighted by Gasteiger charge is 2.21. The number of imidazole rings is 1. The third kappa shape index (κ3) is 4.90. The molecule has 0 radical (unpaired) electrons. The number of carbonyl (C=O) groups is 1. The number of piperidine rings is 1. The van der Waals surface area contributed by atoms with Crippen LogP contribution in [0.1, 0.15) is 53.0 Å². The molecule has 5 rings (SSSR count). The molecule has 3 heterocycles. The summed E-state index contributed by atoms with van der Waals surface area (Å²) in [6.45, 7) is 4.19. The van der Waals surface area contributed by atoms with E-state index in [4.69, 9.17) is 0 Å². The van der Waals surface area contributed by atoms with Crippen LogP contribution in [-0.2, 0) is 13.0 Å². The van der Waals surface area contributed by atoms with E-state index in [-0.39, 0.29) is 11.7 Å². The second-order valence-electron chi connectivity index (χ2n) is 9.00. The molecule has 0 saturated carbocycles. The maximum absolute atomic E-state index is 13.8. The summed E-state index contributed by atoms with van der Waals surface area (Å²) in [4.78, 5) is 19.8. The normalized spacial score (nSPS) is 14.4. The first-order chi connectivity index (χ1) is 17.0. The second-order valence-corrected chi connectivity index (χ2v) is 9.00. The first-order valence-electron chi connectivity index (χ1n) is 12.1. The van der Waals surface area contributed by atoms with Gasteiger partial charge in [0.25, 0.3) is 5.91 Å². The van der Waals surface area contributed by atoms with Gasteiger partial charge in [-0.15, -0.1) is 0 Å². The molecule has 1 N–H and O–H groups in total. The summed E-state index contributed by atoms with van der Waals surface area (Å²) in [6.07, 6.45) is 3.94. The molecular weight excluding hydrogens is 446 g/mol. The Bertz CT molecular complexity index is 1320. The van der Waals surface area contributed by atoms with Crippen LogP contribution < -0.4 is 10.2 Å². The van der Waals surface area contributed by atoms with Crippen molar-refractivity contribution in [1.82, 2.24) is 14.7 Å². The highest BCUT2D eigenvalue weighted by atomic mass is 19.1. The van der Waals surface area contributed by atoms with E-state index in [1.807, 2.05) is 31.2 Å². The minimum absolute atomic E-state index is 0.194. The van der Waals surface area contributed by atoms with Crippen molar-refractivity contribution in [2.45, 2.75) is 38.6 Å². The molecule has 2 aromatic heterocycles. The number of hydrogen-bond acceptors (Lipinski definition) is 3. The van der Waals surface area contributed by atoms with Crippen molar-refractivity contribution in [2.75, 3.05) is 18.0 Å². The van der Waals surface area contributed by atoms with E-state index in [2.05, 4.69) is 27.3 Å². The second kappa shape index (κ2) is 9.86. The number of pyridine rings is 1. The molecule has 1 saturated heterocycles. The van der Waals surface area contributed by atoms with Gasteiger partial charge in [-0.1, -0.05) is 31.2 Å². The van der Waals surface area contributed by atoms with Crippen molar-refractivity contribution in [3.63, 3.8) is 0 Å². The van der Waals surface area contributed by atoms with Gasteiger partial charge < -0.3 is 10.2 Å². The third-order valence-corrected chi connectivity index (χ3v) is 6.80. The van der Waals surface area contributed by atoms with Gasteiger partial charge in [-0.05, 0) is 72.7 Å².